The maximum Gasteiger partial charge on any atom is 0.294 e. The summed E-state index contributed by atoms with van der Waals surface area (Å²) in [5.74, 6) is 0.716. The third-order valence-electron chi connectivity index (χ3n) is 4.10. The Morgan fingerprint density at radius 3 is 2.95 bits per heavy atom. The number of para-hydroxylation sites is 1. The molecule has 2 aromatic heterocycles. The van der Waals surface area contributed by atoms with E-state index >= 15 is 0 Å². The summed E-state index contributed by atoms with van der Waals surface area (Å²) >= 11 is 0. The molecule has 1 saturated carbocycles. The third-order valence-corrected chi connectivity index (χ3v) is 4.10. The fraction of sp³-hybridized carbons (Fsp3) is 0.375. The summed E-state index contributed by atoms with van der Waals surface area (Å²) < 4.78 is 5.61. The van der Waals surface area contributed by atoms with E-state index in [1.165, 1.54) is 12.8 Å². The Kier molecular flexibility index (Phi) is 2.82. The Bertz CT molecular complexity index is 861. The van der Waals surface area contributed by atoms with Crippen molar-refractivity contribution in [2.24, 2.45) is 0 Å². The van der Waals surface area contributed by atoms with Crippen LogP contribution in [0.1, 0.15) is 25.6 Å². The van der Waals surface area contributed by atoms with Crippen molar-refractivity contribution in [1.82, 2.24) is 14.9 Å². The second-order valence-corrected chi connectivity index (χ2v) is 5.58. The third kappa shape index (κ3) is 2.14. The summed E-state index contributed by atoms with van der Waals surface area (Å²) in [5, 5.41) is 0.898. The average Bonchev–Trinajstić information content (AvgIpc) is 3.26. The highest BCUT2D eigenvalue weighted by molar-refractivity contribution is 6.01. The number of H-pyrrole nitrogens is 1. The first kappa shape index (κ1) is 12.6. The van der Waals surface area contributed by atoms with Crippen LogP contribution < -0.4 is 5.56 Å². The van der Waals surface area contributed by atoms with Gasteiger partial charge in [-0.05, 0) is 31.5 Å². The van der Waals surface area contributed by atoms with Crippen LogP contribution in [0.15, 0.2) is 33.5 Å². The summed E-state index contributed by atoms with van der Waals surface area (Å²) in [6.07, 6.45) is 2.49. The van der Waals surface area contributed by atoms with E-state index in [-0.39, 0.29) is 5.56 Å². The van der Waals surface area contributed by atoms with Gasteiger partial charge in [-0.3, -0.25) is 9.69 Å². The van der Waals surface area contributed by atoms with E-state index in [2.05, 4.69) is 21.8 Å². The molecule has 0 aliphatic heterocycles. The molecule has 1 N–H and O–H groups in total. The number of aromatic nitrogens is 2. The minimum absolute atomic E-state index is 0.196. The van der Waals surface area contributed by atoms with Gasteiger partial charge in [0.1, 0.15) is 16.9 Å². The van der Waals surface area contributed by atoms with Gasteiger partial charge < -0.3 is 9.40 Å². The molecule has 2 heterocycles. The number of rotatable bonds is 4. The van der Waals surface area contributed by atoms with E-state index in [9.17, 15) is 4.79 Å². The van der Waals surface area contributed by atoms with Crippen molar-refractivity contribution in [3.8, 4) is 0 Å². The lowest BCUT2D eigenvalue weighted by molar-refractivity contribution is 0.262. The van der Waals surface area contributed by atoms with Crippen molar-refractivity contribution in [1.29, 1.82) is 0 Å². The molecule has 3 aromatic rings. The van der Waals surface area contributed by atoms with Crippen molar-refractivity contribution < 1.29 is 4.42 Å². The SMILES string of the molecule is CCN(Cc1nc2c(oc3ccccc32)c(=O)[nH]1)C1CC1. The highest BCUT2D eigenvalue weighted by Gasteiger charge is 2.28. The van der Waals surface area contributed by atoms with E-state index < -0.39 is 0 Å². The fourth-order valence-corrected chi connectivity index (χ4v) is 2.85. The van der Waals surface area contributed by atoms with E-state index in [0.29, 0.717) is 35.1 Å². The summed E-state index contributed by atoms with van der Waals surface area (Å²) in [6, 6.07) is 8.28. The molecule has 4 rings (SSSR count). The molecule has 0 spiro atoms. The zero-order valence-electron chi connectivity index (χ0n) is 11.9. The summed E-state index contributed by atoms with van der Waals surface area (Å²) in [4.78, 5) is 22.1. The second-order valence-electron chi connectivity index (χ2n) is 5.58. The van der Waals surface area contributed by atoms with Crippen LogP contribution in [0.2, 0.25) is 0 Å². The quantitative estimate of drug-likeness (QED) is 0.799. The first-order chi connectivity index (χ1) is 10.3. The zero-order valence-corrected chi connectivity index (χ0v) is 11.9. The van der Waals surface area contributed by atoms with Gasteiger partial charge in [0.05, 0.1) is 6.54 Å². The second kappa shape index (κ2) is 4.70. The van der Waals surface area contributed by atoms with E-state index in [0.717, 1.165) is 11.9 Å². The number of fused-ring (bicyclic) bond motifs is 3. The molecule has 0 bridgehead atoms. The number of aromatic amines is 1. The Balaban J connectivity index is 1.83. The van der Waals surface area contributed by atoms with E-state index in [1.807, 2.05) is 24.3 Å². The van der Waals surface area contributed by atoms with Crippen molar-refractivity contribution in [3.05, 3.63) is 40.4 Å². The van der Waals surface area contributed by atoms with Gasteiger partial charge in [0, 0.05) is 11.4 Å². The summed E-state index contributed by atoms with van der Waals surface area (Å²) in [5.41, 5.74) is 1.49. The smallest absolute Gasteiger partial charge is 0.294 e. The van der Waals surface area contributed by atoms with Gasteiger partial charge in [0.15, 0.2) is 0 Å². The predicted molar refractivity (Wildman–Crippen MR) is 81.2 cm³/mol. The maximum atomic E-state index is 12.2. The summed E-state index contributed by atoms with van der Waals surface area (Å²) in [7, 11) is 0. The van der Waals surface area contributed by atoms with Gasteiger partial charge in [-0.2, -0.15) is 0 Å². The van der Waals surface area contributed by atoms with Gasteiger partial charge in [0.25, 0.3) is 5.56 Å². The first-order valence-electron chi connectivity index (χ1n) is 7.40. The van der Waals surface area contributed by atoms with E-state index in [4.69, 9.17) is 4.42 Å². The zero-order chi connectivity index (χ0) is 14.4. The molecule has 1 fully saturated rings. The van der Waals surface area contributed by atoms with Crippen molar-refractivity contribution in [2.45, 2.75) is 32.4 Å². The first-order valence-corrected chi connectivity index (χ1v) is 7.40. The molecule has 0 unspecified atom stereocenters. The maximum absolute atomic E-state index is 12.2. The molecule has 108 valence electrons. The van der Waals surface area contributed by atoms with Crippen molar-refractivity contribution >= 4 is 22.1 Å². The summed E-state index contributed by atoms with van der Waals surface area (Å²) in [6.45, 7) is 3.80. The molecule has 21 heavy (non-hydrogen) atoms. The molecule has 5 heteroatoms. The monoisotopic (exact) mass is 283 g/mol. The lowest BCUT2D eigenvalue weighted by Gasteiger charge is -2.18. The van der Waals surface area contributed by atoms with Crippen LogP contribution in [0, 0.1) is 0 Å². The number of furan rings is 1. The van der Waals surface area contributed by atoms with Crippen LogP contribution in [0.4, 0.5) is 0 Å². The van der Waals surface area contributed by atoms with Crippen molar-refractivity contribution in [2.75, 3.05) is 6.54 Å². The highest BCUT2D eigenvalue weighted by Crippen LogP contribution is 2.28. The molecule has 0 radical (unpaired) electrons. The van der Waals surface area contributed by atoms with Gasteiger partial charge in [-0.15, -0.1) is 0 Å². The van der Waals surface area contributed by atoms with Crippen LogP contribution in [0.25, 0.3) is 22.1 Å². The van der Waals surface area contributed by atoms with E-state index in [1.54, 1.807) is 0 Å². The minimum Gasteiger partial charge on any atom is -0.449 e. The molecule has 1 aliphatic carbocycles. The fourth-order valence-electron chi connectivity index (χ4n) is 2.85. The standard InChI is InChI=1S/C16H17N3O2/c1-2-19(10-7-8-10)9-13-17-14-11-5-3-4-6-12(11)21-15(14)16(20)18-13/h3-6,10H,2,7-9H2,1H3,(H,17,18,20). The van der Waals surface area contributed by atoms with Gasteiger partial charge in [0.2, 0.25) is 5.58 Å². The largest absolute Gasteiger partial charge is 0.449 e. The Hall–Kier alpha value is -2.14. The molecule has 5 nitrogen and oxygen atoms in total. The lowest BCUT2D eigenvalue weighted by Crippen LogP contribution is -2.27. The lowest BCUT2D eigenvalue weighted by atomic mass is 10.2. The number of hydrogen-bond acceptors (Lipinski definition) is 4. The van der Waals surface area contributed by atoms with Crippen LogP contribution in [0.5, 0.6) is 0 Å². The predicted octanol–water partition coefficient (Wildman–Crippen LogP) is 2.65. The average molecular weight is 283 g/mol. The number of nitrogens with zero attached hydrogens (tertiary/aromatic N) is 2. The van der Waals surface area contributed by atoms with Crippen LogP contribution in [-0.2, 0) is 6.54 Å². The van der Waals surface area contributed by atoms with Crippen LogP contribution in [0.3, 0.4) is 0 Å². The van der Waals surface area contributed by atoms with Gasteiger partial charge in [-0.25, -0.2) is 4.98 Å². The highest BCUT2D eigenvalue weighted by atomic mass is 16.3. The van der Waals surface area contributed by atoms with Crippen LogP contribution >= 0.6 is 0 Å². The number of nitrogens with one attached hydrogen (secondary N) is 1. The molecule has 0 amide bonds. The van der Waals surface area contributed by atoms with Crippen LogP contribution in [-0.4, -0.2) is 27.5 Å². The Morgan fingerprint density at radius 1 is 1.38 bits per heavy atom. The Labute approximate surface area is 121 Å². The molecule has 1 aliphatic rings. The molecule has 0 saturated heterocycles. The van der Waals surface area contributed by atoms with Gasteiger partial charge >= 0.3 is 0 Å². The molecular weight excluding hydrogens is 266 g/mol. The molecule has 1 aromatic carbocycles. The molecule has 0 atom stereocenters. The normalized spacial score (nSPS) is 15.3. The number of hydrogen-bond donors (Lipinski definition) is 1. The Morgan fingerprint density at radius 2 is 2.19 bits per heavy atom. The topological polar surface area (TPSA) is 62.1 Å². The molecular formula is C16H17N3O2. The van der Waals surface area contributed by atoms with Crippen molar-refractivity contribution in [3.63, 3.8) is 0 Å². The minimum atomic E-state index is -0.196. The number of benzene rings is 1. The van der Waals surface area contributed by atoms with Gasteiger partial charge in [-0.1, -0.05) is 19.1 Å².